The molecule has 0 bridgehead atoms. The van der Waals surface area contributed by atoms with Gasteiger partial charge in [0.25, 0.3) is 5.91 Å². The molecule has 0 N–H and O–H groups in total. The molecule has 1 atom stereocenters. The lowest BCUT2D eigenvalue weighted by atomic mass is 10.2. The number of anilines is 2. The van der Waals surface area contributed by atoms with Gasteiger partial charge in [-0.25, -0.2) is 4.79 Å². The quantitative estimate of drug-likeness (QED) is 0.695. The van der Waals surface area contributed by atoms with Crippen LogP contribution in [0.4, 0.5) is 11.4 Å². The van der Waals surface area contributed by atoms with E-state index in [0.717, 1.165) is 30.9 Å². The van der Waals surface area contributed by atoms with Crippen molar-refractivity contribution >= 4 is 29.2 Å². The first-order valence-corrected chi connectivity index (χ1v) is 10.7. The van der Waals surface area contributed by atoms with Crippen LogP contribution in [0.3, 0.4) is 0 Å². The van der Waals surface area contributed by atoms with Crippen LogP contribution in [0.1, 0.15) is 30.1 Å². The number of carbonyl (C=O) groups excluding carboxylic acids is 3. The zero-order valence-corrected chi connectivity index (χ0v) is 17.7. The van der Waals surface area contributed by atoms with Gasteiger partial charge in [0.05, 0.1) is 5.56 Å². The number of rotatable bonds is 5. The lowest BCUT2D eigenvalue weighted by Gasteiger charge is -2.37. The van der Waals surface area contributed by atoms with Crippen molar-refractivity contribution in [1.29, 1.82) is 0 Å². The molecule has 0 radical (unpaired) electrons. The monoisotopic (exact) mass is 421 g/mol. The molecule has 4 rings (SSSR count). The number of carbonyl (C=O) groups is 3. The predicted octanol–water partition coefficient (Wildman–Crippen LogP) is 2.71. The van der Waals surface area contributed by atoms with E-state index in [1.54, 1.807) is 41.0 Å². The fourth-order valence-corrected chi connectivity index (χ4v) is 4.06. The minimum absolute atomic E-state index is 0.0990. The SMILES string of the molecule is C[C@@H](OC(=O)c1ccc(N2CCCC2=O)cc1)C(=O)N1CCN(c2ccccc2)CC1. The fraction of sp³-hybridized carbons (Fsp3) is 0.375. The third-order valence-corrected chi connectivity index (χ3v) is 5.83. The lowest BCUT2D eigenvalue weighted by Crippen LogP contribution is -2.51. The highest BCUT2D eigenvalue weighted by Gasteiger charge is 2.28. The standard InChI is InChI=1S/C24H27N3O4/c1-18(23(29)26-16-14-25(15-17-26)20-6-3-2-4-7-20)31-24(30)19-9-11-21(12-10-19)27-13-5-8-22(27)28/h2-4,6-7,9-12,18H,5,8,13-17H2,1H3/t18-/m1/s1. The van der Waals surface area contributed by atoms with Gasteiger partial charge in [-0.3, -0.25) is 9.59 Å². The van der Waals surface area contributed by atoms with Gasteiger partial charge in [0.15, 0.2) is 6.10 Å². The maximum Gasteiger partial charge on any atom is 0.338 e. The molecular weight excluding hydrogens is 394 g/mol. The Morgan fingerprint density at radius 1 is 0.871 bits per heavy atom. The first-order valence-electron chi connectivity index (χ1n) is 10.7. The number of ether oxygens (including phenoxy) is 1. The molecule has 7 nitrogen and oxygen atoms in total. The van der Waals surface area contributed by atoms with E-state index in [-0.39, 0.29) is 11.8 Å². The first kappa shape index (κ1) is 20.9. The second kappa shape index (κ2) is 9.20. The van der Waals surface area contributed by atoms with E-state index >= 15 is 0 Å². The summed E-state index contributed by atoms with van der Waals surface area (Å²) in [7, 11) is 0. The Balaban J connectivity index is 1.29. The molecule has 2 fully saturated rings. The zero-order chi connectivity index (χ0) is 21.8. The highest BCUT2D eigenvalue weighted by atomic mass is 16.5. The Kier molecular flexibility index (Phi) is 6.21. The number of piperazine rings is 1. The average molecular weight is 421 g/mol. The smallest absolute Gasteiger partial charge is 0.338 e. The summed E-state index contributed by atoms with van der Waals surface area (Å²) >= 11 is 0. The average Bonchev–Trinajstić information content (AvgIpc) is 3.25. The Morgan fingerprint density at radius 2 is 1.55 bits per heavy atom. The van der Waals surface area contributed by atoms with Gasteiger partial charge < -0.3 is 19.4 Å². The van der Waals surface area contributed by atoms with Crippen LogP contribution in [0.25, 0.3) is 0 Å². The fourth-order valence-electron chi connectivity index (χ4n) is 4.06. The number of hydrogen-bond donors (Lipinski definition) is 0. The number of nitrogens with zero attached hydrogens (tertiary/aromatic N) is 3. The van der Waals surface area contributed by atoms with E-state index in [0.29, 0.717) is 31.6 Å². The number of amides is 2. The first-order chi connectivity index (χ1) is 15.0. The van der Waals surface area contributed by atoms with Crippen LogP contribution in [-0.2, 0) is 14.3 Å². The van der Waals surface area contributed by atoms with Crippen molar-refractivity contribution in [3.05, 3.63) is 60.2 Å². The van der Waals surface area contributed by atoms with Gasteiger partial charge in [0, 0.05) is 50.5 Å². The second-order valence-electron chi connectivity index (χ2n) is 7.89. The van der Waals surface area contributed by atoms with Crippen LogP contribution in [0.15, 0.2) is 54.6 Å². The molecule has 31 heavy (non-hydrogen) atoms. The highest BCUT2D eigenvalue weighted by molar-refractivity contribution is 5.96. The number of hydrogen-bond acceptors (Lipinski definition) is 5. The van der Waals surface area contributed by atoms with E-state index in [2.05, 4.69) is 17.0 Å². The van der Waals surface area contributed by atoms with Crippen LogP contribution in [0, 0.1) is 0 Å². The van der Waals surface area contributed by atoms with Crippen LogP contribution in [-0.4, -0.2) is 61.5 Å². The van der Waals surface area contributed by atoms with Crippen molar-refractivity contribution < 1.29 is 19.1 Å². The molecular formula is C24H27N3O4. The molecule has 0 spiro atoms. The van der Waals surface area contributed by atoms with Crippen molar-refractivity contribution in [2.24, 2.45) is 0 Å². The van der Waals surface area contributed by atoms with Gasteiger partial charge in [-0.2, -0.15) is 0 Å². The summed E-state index contributed by atoms with van der Waals surface area (Å²) in [5, 5.41) is 0. The van der Waals surface area contributed by atoms with Gasteiger partial charge in [-0.1, -0.05) is 18.2 Å². The van der Waals surface area contributed by atoms with E-state index in [4.69, 9.17) is 4.74 Å². The minimum atomic E-state index is -0.851. The van der Waals surface area contributed by atoms with Crippen molar-refractivity contribution in [3.63, 3.8) is 0 Å². The van der Waals surface area contributed by atoms with E-state index < -0.39 is 12.1 Å². The largest absolute Gasteiger partial charge is 0.449 e. The zero-order valence-electron chi connectivity index (χ0n) is 17.7. The molecule has 2 heterocycles. The summed E-state index contributed by atoms with van der Waals surface area (Å²) in [6, 6.07) is 16.9. The normalized spacial score (nSPS) is 17.6. The van der Waals surface area contributed by atoms with Crippen LogP contribution < -0.4 is 9.80 Å². The molecule has 0 aliphatic carbocycles. The molecule has 0 aromatic heterocycles. The van der Waals surface area contributed by atoms with Gasteiger partial charge in [0.2, 0.25) is 5.91 Å². The molecule has 2 aromatic carbocycles. The van der Waals surface area contributed by atoms with Crippen molar-refractivity contribution in [1.82, 2.24) is 4.90 Å². The molecule has 2 amide bonds. The molecule has 2 aliphatic heterocycles. The van der Waals surface area contributed by atoms with Crippen LogP contribution in [0.5, 0.6) is 0 Å². The third kappa shape index (κ3) is 4.71. The van der Waals surface area contributed by atoms with Crippen molar-refractivity contribution in [3.8, 4) is 0 Å². The topological polar surface area (TPSA) is 70.2 Å². The Bertz CT molecular complexity index is 937. The number of esters is 1. The van der Waals surface area contributed by atoms with Gasteiger partial charge in [-0.15, -0.1) is 0 Å². The molecule has 0 saturated carbocycles. The van der Waals surface area contributed by atoms with Crippen LogP contribution >= 0.6 is 0 Å². The molecule has 2 saturated heterocycles. The van der Waals surface area contributed by atoms with Crippen molar-refractivity contribution in [2.45, 2.75) is 25.9 Å². The number of para-hydroxylation sites is 1. The molecule has 7 heteroatoms. The molecule has 0 unspecified atom stereocenters. The van der Waals surface area contributed by atoms with Gasteiger partial charge in [0.1, 0.15) is 0 Å². The summed E-state index contributed by atoms with van der Waals surface area (Å²) in [5.41, 5.74) is 2.29. The van der Waals surface area contributed by atoms with Gasteiger partial charge in [-0.05, 0) is 49.7 Å². The third-order valence-electron chi connectivity index (χ3n) is 5.83. The minimum Gasteiger partial charge on any atom is -0.449 e. The Morgan fingerprint density at radius 3 is 2.16 bits per heavy atom. The summed E-state index contributed by atoms with van der Waals surface area (Å²) < 4.78 is 5.43. The second-order valence-corrected chi connectivity index (χ2v) is 7.89. The number of benzene rings is 2. The lowest BCUT2D eigenvalue weighted by molar-refractivity contribution is -0.140. The van der Waals surface area contributed by atoms with E-state index in [9.17, 15) is 14.4 Å². The summed E-state index contributed by atoms with van der Waals surface area (Å²) in [6.45, 7) is 4.98. The molecule has 2 aromatic rings. The Hall–Kier alpha value is -3.35. The molecule has 2 aliphatic rings. The summed E-state index contributed by atoms with van der Waals surface area (Å²) in [5.74, 6) is -0.620. The van der Waals surface area contributed by atoms with Gasteiger partial charge >= 0.3 is 5.97 Å². The summed E-state index contributed by atoms with van der Waals surface area (Å²) in [4.78, 5) is 42.8. The van der Waals surface area contributed by atoms with E-state index in [1.165, 1.54) is 0 Å². The summed E-state index contributed by atoms with van der Waals surface area (Å²) in [6.07, 6.45) is 0.556. The predicted molar refractivity (Wildman–Crippen MR) is 118 cm³/mol. The maximum absolute atomic E-state index is 12.8. The molecule has 162 valence electrons. The van der Waals surface area contributed by atoms with Crippen LogP contribution in [0.2, 0.25) is 0 Å². The Labute approximate surface area is 182 Å². The van der Waals surface area contributed by atoms with E-state index in [1.807, 2.05) is 18.2 Å². The maximum atomic E-state index is 12.8. The highest BCUT2D eigenvalue weighted by Crippen LogP contribution is 2.22. The van der Waals surface area contributed by atoms with Crippen molar-refractivity contribution in [2.75, 3.05) is 42.5 Å².